The van der Waals surface area contributed by atoms with Gasteiger partial charge in [-0.25, -0.2) is 9.78 Å². The molecule has 0 aliphatic carbocycles. The number of anilines is 1. The Hall–Kier alpha value is -2.43. The van der Waals surface area contributed by atoms with Gasteiger partial charge in [0.25, 0.3) is 0 Å². The second-order valence-electron chi connectivity index (χ2n) is 4.54. The van der Waals surface area contributed by atoms with Crippen LogP contribution in [-0.2, 0) is 11.3 Å². The molecule has 0 saturated heterocycles. The van der Waals surface area contributed by atoms with Crippen molar-refractivity contribution < 1.29 is 9.53 Å². The maximum atomic E-state index is 11.5. The van der Waals surface area contributed by atoms with Crippen LogP contribution in [-0.4, -0.2) is 30.1 Å². The summed E-state index contributed by atoms with van der Waals surface area (Å²) in [5.41, 5.74) is 2.64. The van der Waals surface area contributed by atoms with Crippen LogP contribution in [0, 0.1) is 6.92 Å². The van der Waals surface area contributed by atoms with Crippen LogP contribution >= 0.6 is 0 Å². The molecule has 0 bridgehead atoms. The minimum absolute atomic E-state index is 0.210. The first kappa shape index (κ1) is 14.0. The van der Waals surface area contributed by atoms with Crippen LogP contribution in [0.3, 0.4) is 0 Å². The summed E-state index contributed by atoms with van der Waals surface area (Å²) >= 11 is 0. The topological polar surface area (TPSA) is 55.3 Å². The van der Waals surface area contributed by atoms with Crippen molar-refractivity contribution in [2.45, 2.75) is 13.5 Å². The molecule has 0 fully saturated rings. The van der Waals surface area contributed by atoms with Gasteiger partial charge >= 0.3 is 5.97 Å². The molecular weight excluding hydrogens is 254 g/mol. The smallest absolute Gasteiger partial charge is 0.358 e. The minimum atomic E-state index is -0.483. The van der Waals surface area contributed by atoms with Gasteiger partial charge in [-0.2, -0.15) is 0 Å². The molecule has 1 aromatic carbocycles. The average Bonchev–Trinajstić information content (AvgIpc) is 2.49. The van der Waals surface area contributed by atoms with E-state index in [4.69, 9.17) is 0 Å². The van der Waals surface area contributed by atoms with Crippen molar-refractivity contribution >= 4 is 11.8 Å². The summed E-state index contributed by atoms with van der Waals surface area (Å²) in [6.07, 6.45) is 3.03. The molecule has 0 amide bonds. The highest BCUT2D eigenvalue weighted by atomic mass is 16.5. The number of carbonyl (C=O) groups is 1. The molecule has 20 heavy (non-hydrogen) atoms. The molecular formula is C15H17N3O2. The van der Waals surface area contributed by atoms with Gasteiger partial charge in [0.2, 0.25) is 0 Å². The van der Waals surface area contributed by atoms with E-state index in [-0.39, 0.29) is 5.69 Å². The van der Waals surface area contributed by atoms with Gasteiger partial charge < -0.3 is 9.64 Å². The van der Waals surface area contributed by atoms with E-state index in [1.54, 1.807) is 6.20 Å². The fraction of sp³-hybridized carbons (Fsp3) is 0.267. The lowest BCUT2D eigenvalue weighted by Crippen LogP contribution is -2.20. The van der Waals surface area contributed by atoms with Gasteiger partial charge in [0.05, 0.1) is 19.5 Å². The van der Waals surface area contributed by atoms with Crippen LogP contribution in [0.4, 0.5) is 5.82 Å². The molecule has 0 unspecified atom stereocenters. The van der Waals surface area contributed by atoms with Crippen LogP contribution < -0.4 is 4.90 Å². The first-order chi connectivity index (χ1) is 9.61. The van der Waals surface area contributed by atoms with Crippen molar-refractivity contribution in [3.63, 3.8) is 0 Å². The summed E-state index contributed by atoms with van der Waals surface area (Å²) in [7, 11) is 3.24. The number of aryl methyl sites for hydroxylation is 1. The molecule has 0 aliphatic heterocycles. The largest absolute Gasteiger partial charge is 0.464 e. The predicted molar refractivity (Wildman–Crippen MR) is 76.7 cm³/mol. The number of methoxy groups -OCH3 is 1. The number of hydrogen-bond acceptors (Lipinski definition) is 5. The Morgan fingerprint density at radius 1 is 1.30 bits per heavy atom. The number of rotatable bonds is 4. The fourth-order valence-electron chi connectivity index (χ4n) is 1.87. The van der Waals surface area contributed by atoms with Gasteiger partial charge in [-0.3, -0.25) is 4.98 Å². The Kier molecular flexibility index (Phi) is 4.30. The van der Waals surface area contributed by atoms with E-state index in [0.717, 1.165) is 0 Å². The number of carbonyl (C=O) groups excluding carboxylic acids is 1. The SMILES string of the molecule is COC(=O)c1cncc(N(C)Cc2ccccc2C)n1. The second kappa shape index (κ2) is 6.14. The third-order valence-corrected chi connectivity index (χ3v) is 3.08. The monoisotopic (exact) mass is 271 g/mol. The van der Waals surface area contributed by atoms with E-state index < -0.39 is 5.97 Å². The summed E-state index contributed by atoms with van der Waals surface area (Å²) in [6, 6.07) is 8.16. The van der Waals surface area contributed by atoms with E-state index in [1.807, 2.05) is 24.1 Å². The van der Waals surface area contributed by atoms with E-state index in [9.17, 15) is 4.79 Å². The number of esters is 1. The molecule has 0 spiro atoms. The number of ether oxygens (including phenoxy) is 1. The molecule has 1 heterocycles. The molecule has 0 aliphatic rings. The zero-order chi connectivity index (χ0) is 14.5. The van der Waals surface area contributed by atoms with E-state index in [1.165, 1.54) is 24.4 Å². The van der Waals surface area contributed by atoms with Crippen molar-refractivity contribution in [3.05, 3.63) is 53.5 Å². The Labute approximate surface area is 118 Å². The van der Waals surface area contributed by atoms with E-state index >= 15 is 0 Å². The summed E-state index contributed by atoms with van der Waals surface area (Å²) in [6.45, 7) is 2.77. The van der Waals surface area contributed by atoms with E-state index in [0.29, 0.717) is 12.4 Å². The molecule has 0 saturated carbocycles. The average molecular weight is 271 g/mol. The maximum Gasteiger partial charge on any atom is 0.358 e. The molecule has 0 atom stereocenters. The lowest BCUT2D eigenvalue weighted by atomic mass is 10.1. The Balaban J connectivity index is 2.19. The van der Waals surface area contributed by atoms with Gasteiger partial charge in [-0.05, 0) is 18.1 Å². The molecule has 0 radical (unpaired) electrons. The number of benzene rings is 1. The van der Waals surface area contributed by atoms with Crippen LogP contribution in [0.1, 0.15) is 21.6 Å². The number of aromatic nitrogens is 2. The van der Waals surface area contributed by atoms with Gasteiger partial charge in [0, 0.05) is 13.6 Å². The van der Waals surface area contributed by atoms with Crippen LogP contribution in [0.2, 0.25) is 0 Å². The lowest BCUT2D eigenvalue weighted by molar-refractivity contribution is 0.0593. The Morgan fingerprint density at radius 3 is 2.75 bits per heavy atom. The summed E-state index contributed by atoms with van der Waals surface area (Å²) in [5, 5.41) is 0. The Morgan fingerprint density at radius 2 is 2.05 bits per heavy atom. The van der Waals surface area contributed by atoms with Crippen molar-refractivity contribution in [3.8, 4) is 0 Å². The van der Waals surface area contributed by atoms with Gasteiger partial charge in [0.1, 0.15) is 5.82 Å². The lowest BCUT2D eigenvalue weighted by Gasteiger charge is -2.19. The van der Waals surface area contributed by atoms with Crippen LogP contribution in [0.25, 0.3) is 0 Å². The third-order valence-electron chi connectivity index (χ3n) is 3.08. The van der Waals surface area contributed by atoms with Gasteiger partial charge in [-0.1, -0.05) is 24.3 Å². The molecule has 0 N–H and O–H groups in total. The third kappa shape index (κ3) is 3.12. The van der Waals surface area contributed by atoms with Crippen molar-refractivity contribution in [2.24, 2.45) is 0 Å². The Bertz CT molecular complexity index is 614. The van der Waals surface area contributed by atoms with Gasteiger partial charge in [0.15, 0.2) is 5.69 Å². The van der Waals surface area contributed by atoms with Gasteiger partial charge in [-0.15, -0.1) is 0 Å². The molecule has 1 aromatic heterocycles. The standard InChI is InChI=1S/C15H17N3O2/c1-11-6-4-5-7-12(11)10-18(2)14-9-16-8-13(17-14)15(19)20-3/h4-9H,10H2,1-3H3. The molecule has 5 nitrogen and oxygen atoms in total. The molecule has 5 heteroatoms. The van der Waals surface area contributed by atoms with Crippen LogP contribution in [0.15, 0.2) is 36.7 Å². The molecule has 104 valence electrons. The normalized spacial score (nSPS) is 10.2. The molecule has 2 rings (SSSR count). The highest BCUT2D eigenvalue weighted by molar-refractivity contribution is 5.87. The second-order valence-corrected chi connectivity index (χ2v) is 4.54. The molecule has 2 aromatic rings. The van der Waals surface area contributed by atoms with Crippen molar-refractivity contribution in [2.75, 3.05) is 19.1 Å². The number of nitrogens with zero attached hydrogens (tertiary/aromatic N) is 3. The van der Waals surface area contributed by atoms with Crippen LogP contribution in [0.5, 0.6) is 0 Å². The minimum Gasteiger partial charge on any atom is -0.464 e. The van der Waals surface area contributed by atoms with Crippen molar-refractivity contribution in [1.29, 1.82) is 0 Å². The van der Waals surface area contributed by atoms with E-state index in [2.05, 4.69) is 33.8 Å². The quantitative estimate of drug-likeness (QED) is 0.798. The highest BCUT2D eigenvalue weighted by Crippen LogP contribution is 2.15. The first-order valence-corrected chi connectivity index (χ1v) is 6.28. The maximum absolute atomic E-state index is 11.5. The highest BCUT2D eigenvalue weighted by Gasteiger charge is 2.11. The first-order valence-electron chi connectivity index (χ1n) is 6.28. The van der Waals surface area contributed by atoms with Crippen molar-refractivity contribution in [1.82, 2.24) is 9.97 Å². The summed E-state index contributed by atoms with van der Waals surface area (Å²) < 4.78 is 4.65. The zero-order valence-electron chi connectivity index (χ0n) is 11.8. The summed E-state index contributed by atoms with van der Waals surface area (Å²) in [4.78, 5) is 21.7. The number of hydrogen-bond donors (Lipinski definition) is 0. The predicted octanol–water partition coefficient (Wildman–Crippen LogP) is 2.21. The zero-order valence-corrected chi connectivity index (χ0v) is 11.8. The fourth-order valence-corrected chi connectivity index (χ4v) is 1.87. The summed E-state index contributed by atoms with van der Waals surface area (Å²) in [5.74, 6) is 0.153.